The van der Waals surface area contributed by atoms with E-state index in [0.717, 1.165) is 5.70 Å². The van der Waals surface area contributed by atoms with E-state index in [9.17, 15) is 9.59 Å². The summed E-state index contributed by atoms with van der Waals surface area (Å²) in [5.74, 6) is 1.55. The summed E-state index contributed by atoms with van der Waals surface area (Å²) in [6.45, 7) is 2.40. The summed E-state index contributed by atoms with van der Waals surface area (Å²) in [7, 11) is 3.28. The molecule has 0 saturated carbocycles. The molecule has 0 fully saturated rings. The van der Waals surface area contributed by atoms with E-state index >= 15 is 0 Å². The predicted molar refractivity (Wildman–Crippen MR) is 134 cm³/mol. The van der Waals surface area contributed by atoms with Crippen LogP contribution in [-0.2, 0) is 9.53 Å². The summed E-state index contributed by atoms with van der Waals surface area (Å²) >= 11 is 6.53. The number of para-hydroxylation sites is 1. The highest BCUT2D eigenvalue weighted by Crippen LogP contribution is 2.39. The van der Waals surface area contributed by atoms with E-state index in [2.05, 4.69) is 15.6 Å². The van der Waals surface area contributed by atoms with Gasteiger partial charge in [-0.3, -0.25) is 9.59 Å². The van der Waals surface area contributed by atoms with Crippen LogP contribution in [0.25, 0.3) is 5.70 Å². The number of ether oxygens (including phenoxy) is 2. The maximum absolute atomic E-state index is 13.6. The highest BCUT2D eigenvalue weighted by atomic mass is 35.5. The smallest absolute Gasteiger partial charge is 0.254 e. The van der Waals surface area contributed by atoms with E-state index in [1.165, 1.54) is 0 Å². The number of hydrogen-bond donors (Lipinski definition) is 3. The lowest BCUT2D eigenvalue weighted by Gasteiger charge is -2.43. The standard InChI is InChI=1S/C26H25ClN4O4/c1-26(14-34-3)25(33)31(2)20-13-29-24-21(22(20)30-26)18(12-28-24)23(32)17-10-9-16(11-19(17)27)35-15-7-5-4-6-8-15/h4-12,28-30H,13-14H2,1-3H3/t26-/m1/s1. The van der Waals surface area contributed by atoms with Crippen LogP contribution < -0.4 is 15.4 Å². The van der Waals surface area contributed by atoms with Crippen molar-refractivity contribution in [3.8, 4) is 11.5 Å². The Kier molecular flexibility index (Phi) is 5.78. The average Bonchev–Trinajstić information content (AvgIpc) is 3.28. The van der Waals surface area contributed by atoms with E-state index in [-0.39, 0.29) is 23.3 Å². The van der Waals surface area contributed by atoms with Crippen molar-refractivity contribution >= 4 is 34.8 Å². The molecular weight excluding hydrogens is 468 g/mol. The molecule has 0 aliphatic carbocycles. The second kappa shape index (κ2) is 8.79. The SMILES string of the molecule is COC[C@@]1(C)NC2=C(CNc3[nH]cc(C(=O)c4ccc(Oc5ccccc5)cc4Cl)c32)N(C)C1=O. The third kappa shape index (κ3) is 3.94. The molecule has 5 rings (SSSR count). The van der Waals surface area contributed by atoms with Gasteiger partial charge in [0, 0.05) is 32.0 Å². The number of nitrogens with one attached hydrogen (secondary N) is 3. The largest absolute Gasteiger partial charge is 0.457 e. The number of rotatable bonds is 6. The zero-order valence-electron chi connectivity index (χ0n) is 19.6. The van der Waals surface area contributed by atoms with Crippen molar-refractivity contribution in [2.24, 2.45) is 0 Å². The van der Waals surface area contributed by atoms with Gasteiger partial charge in [-0.05, 0) is 31.2 Å². The average molecular weight is 493 g/mol. The monoisotopic (exact) mass is 492 g/mol. The number of ketones is 1. The fourth-order valence-electron chi connectivity index (χ4n) is 4.55. The number of aromatic amines is 1. The molecule has 2 aliphatic rings. The number of likely N-dealkylation sites (N-methyl/N-ethyl adjacent to an activating group) is 1. The first-order valence-corrected chi connectivity index (χ1v) is 11.5. The van der Waals surface area contributed by atoms with Gasteiger partial charge in [-0.2, -0.15) is 0 Å². The van der Waals surface area contributed by atoms with E-state index < -0.39 is 5.54 Å². The zero-order valence-corrected chi connectivity index (χ0v) is 20.3. The summed E-state index contributed by atoms with van der Waals surface area (Å²) in [6, 6.07) is 14.3. The van der Waals surface area contributed by atoms with E-state index in [0.29, 0.717) is 46.2 Å². The zero-order chi connectivity index (χ0) is 24.7. The van der Waals surface area contributed by atoms with Gasteiger partial charge < -0.3 is 30.0 Å². The van der Waals surface area contributed by atoms with Crippen molar-refractivity contribution in [3.05, 3.63) is 82.1 Å². The summed E-state index contributed by atoms with van der Waals surface area (Å²) in [5, 5.41) is 6.90. The van der Waals surface area contributed by atoms with Crippen molar-refractivity contribution < 1.29 is 19.1 Å². The van der Waals surface area contributed by atoms with Crippen LogP contribution in [0.2, 0.25) is 5.02 Å². The lowest BCUT2D eigenvalue weighted by molar-refractivity contribution is -0.137. The second-order valence-corrected chi connectivity index (χ2v) is 9.17. The summed E-state index contributed by atoms with van der Waals surface area (Å²) in [5.41, 5.74) is 1.95. The highest BCUT2D eigenvalue weighted by Gasteiger charge is 2.45. The number of amides is 1. The number of fused-ring (bicyclic) bond motifs is 2. The van der Waals surface area contributed by atoms with Gasteiger partial charge in [0.1, 0.15) is 22.9 Å². The van der Waals surface area contributed by atoms with E-state index in [1.807, 2.05) is 30.3 Å². The number of halogens is 1. The molecule has 1 amide bonds. The molecule has 1 atom stereocenters. The number of hydrogen-bond acceptors (Lipinski definition) is 6. The van der Waals surface area contributed by atoms with Crippen molar-refractivity contribution in [2.45, 2.75) is 12.5 Å². The van der Waals surface area contributed by atoms with Crippen molar-refractivity contribution in [2.75, 3.05) is 32.6 Å². The maximum Gasteiger partial charge on any atom is 0.254 e. The number of carbonyl (C=O) groups excluding carboxylic acids is 2. The van der Waals surface area contributed by atoms with Gasteiger partial charge in [0.25, 0.3) is 5.91 Å². The van der Waals surface area contributed by atoms with Gasteiger partial charge in [0.15, 0.2) is 5.78 Å². The third-order valence-electron chi connectivity index (χ3n) is 6.28. The van der Waals surface area contributed by atoms with Crippen LogP contribution in [0.3, 0.4) is 0 Å². The molecule has 8 nitrogen and oxygen atoms in total. The Morgan fingerprint density at radius 1 is 1.14 bits per heavy atom. The van der Waals surface area contributed by atoms with Crippen LogP contribution >= 0.6 is 11.6 Å². The van der Waals surface area contributed by atoms with Crippen LogP contribution in [0.5, 0.6) is 11.5 Å². The molecule has 0 saturated heterocycles. The quantitative estimate of drug-likeness (QED) is 0.445. The Labute approximate surface area is 207 Å². The molecule has 2 aromatic carbocycles. The minimum Gasteiger partial charge on any atom is -0.457 e. The molecular formula is C26H25ClN4O4. The van der Waals surface area contributed by atoms with Gasteiger partial charge in [-0.25, -0.2) is 0 Å². The van der Waals surface area contributed by atoms with Crippen LogP contribution in [0.4, 0.5) is 5.82 Å². The lowest BCUT2D eigenvalue weighted by Crippen LogP contribution is -2.61. The Balaban J connectivity index is 1.50. The van der Waals surface area contributed by atoms with Crippen molar-refractivity contribution in [1.82, 2.24) is 15.2 Å². The molecule has 0 spiro atoms. The molecule has 1 aromatic heterocycles. The number of aromatic nitrogens is 1. The van der Waals surface area contributed by atoms with Crippen LogP contribution in [0.1, 0.15) is 28.4 Å². The molecule has 2 aliphatic heterocycles. The Morgan fingerprint density at radius 3 is 2.63 bits per heavy atom. The molecule has 3 aromatic rings. The molecule has 0 radical (unpaired) electrons. The van der Waals surface area contributed by atoms with Crippen LogP contribution in [0, 0.1) is 0 Å². The Morgan fingerprint density at radius 2 is 1.91 bits per heavy atom. The Bertz CT molecular complexity index is 1350. The fraction of sp³-hybridized carbons (Fsp3) is 0.231. The number of carbonyl (C=O) groups is 2. The highest BCUT2D eigenvalue weighted by molar-refractivity contribution is 6.35. The van der Waals surface area contributed by atoms with Crippen LogP contribution in [-0.4, -0.2) is 54.4 Å². The number of nitrogens with zero attached hydrogens (tertiary/aromatic N) is 1. The van der Waals surface area contributed by atoms with Gasteiger partial charge in [0.2, 0.25) is 0 Å². The lowest BCUT2D eigenvalue weighted by atomic mass is 9.91. The first-order valence-electron chi connectivity index (χ1n) is 11.1. The number of H-pyrrole nitrogens is 1. The molecule has 0 bridgehead atoms. The fourth-order valence-corrected chi connectivity index (χ4v) is 4.81. The van der Waals surface area contributed by atoms with Crippen LogP contribution in [0.15, 0.2) is 60.4 Å². The topological polar surface area (TPSA) is 95.7 Å². The summed E-state index contributed by atoms with van der Waals surface area (Å²) in [6.07, 6.45) is 1.66. The first kappa shape index (κ1) is 23.0. The number of benzene rings is 2. The molecule has 180 valence electrons. The summed E-state index contributed by atoms with van der Waals surface area (Å²) < 4.78 is 11.2. The van der Waals surface area contributed by atoms with Crippen molar-refractivity contribution in [1.29, 1.82) is 0 Å². The molecule has 3 heterocycles. The van der Waals surface area contributed by atoms with E-state index in [1.54, 1.807) is 50.4 Å². The first-order chi connectivity index (χ1) is 16.8. The molecule has 35 heavy (non-hydrogen) atoms. The molecule has 3 N–H and O–H groups in total. The molecule has 0 unspecified atom stereocenters. The maximum atomic E-state index is 13.6. The van der Waals surface area contributed by atoms with Gasteiger partial charge in [0.05, 0.1) is 40.7 Å². The third-order valence-corrected chi connectivity index (χ3v) is 6.59. The normalized spacial score (nSPS) is 19.0. The van der Waals surface area contributed by atoms with Gasteiger partial charge in [-0.15, -0.1) is 0 Å². The Hall–Kier alpha value is -3.75. The number of anilines is 1. The summed E-state index contributed by atoms with van der Waals surface area (Å²) in [4.78, 5) is 31.4. The van der Waals surface area contributed by atoms with Gasteiger partial charge in [-0.1, -0.05) is 29.8 Å². The predicted octanol–water partition coefficient (Wildman–Crippen LogP) is 4.25. The minimum atomic E-state index is -0.970. The number of methoxy groups -OCH3 is 1. The second-order valence-electron chi connectivity index (χ2n) is 8.77. The van der Waals surface area contributed by atoms with Crippen molar-refractivity contribution in [3.63, 3.8) is 0 Å². The molecule has 9 heteroatoms. The van der Waals surface area contributed by atoms with Gasteiger partial charge >= 0.3 is 0 Å². The minimum absolute atomic E-state index is 0.108. The van der Waals surface area contributed by atoms with E-state index in [4.69, 9.17) is 21.1 Å².